The molecule has 8 aromatic carbocycles. The summed E-state index contributed by atoms with van der Waals surface area (Å²) in [5.74, 6) is 1.95. The van der Waals surface area contributed by atoms with Gasteiger partial charge in [-0.2, -0.15) is 0 Å². The van der Waals surface area contributed by atoms with Crippen molar-refractivity contribution in [2.75, 3.05) is 0 Å². The lowest BCUT2D eigenvalue weighted by Crippen LogP contribution is -2.27. The van der Waals surface area contributed by atoms with Gasteiger partial charge in [-0.3, -0.25) is 0 Å². The number of allylic oxidation sites excluding steroid dienone is 4. The highest BCUT2D eigenvalue weighted by atomic mass is 15.0. The monoisotopic (exact) mass is 792 g/mol. The second-order valence-electron chi connectivity index (χ2n) is 16.5. The van der Waals surface area contributed by atoms with E-state index in [0.717, 1.165) is 45.5 Å². The topological polar surface area (TPSA) is 43.6 Å². The lowest BCUT2D eigenvalue weighted by atomic mass is 9.64. The number of aromatic nitrogens is 4. The van der Waals surface area contributed by atoms with Gasteiger partial charge in [-0.1, -0.05) is 183 Å². The maximum atomic E-state index is 5.30. The smallest absolute Gasteiger partial charge is 0.164 e. The lowest BCUT2D eigenvalue weighted by Gasteiger charge is -2.39. The molecule has 0 saturated carbocycles. The van der Waals surface area contributed by atoms with Crippen molar-refractivity contribution in [2.24, 2.45) is 0 Å². The number of para-hydroxylation sites is 2. The molecule has 0 aliphatic heterocycles. The lowest BCUT2D eigenvalue weighted by molar-refractivity contribution is 0.622. The van der Waals surface area contributed by atoms with Crippen LogP contribution in [-0.4, -0.2) is 19.5 Å². The Kier molecular flexibility index (Phi) is 8.32. The van der Waals surface area contributed by atoms with Gasteiger partial charge in [0.05, 0.1) is 11.0 Å². The van der Waals surface area contributed by atoms with Crippen molar-refractivity contribution in [1.29, 1.82) is 0 Å². The first-order valence-corrected chi connectivity index (χ1v) is 21.3. The molecule has 0 spiro atoms. The summed E-state index contributed by atoms with van der Waals surface area (Å²) in [7, 11) is 0. The summed E-state index contributed by atoms with van der Waals surface area (Å²) in [6, 6.07) is 69.5. The molecule has 292 valence electrons. The summed E-state index contributed by atoms with van der Waals surface area (Å²) in [4.78, 5) is 15.7. The molecule has 4 heteroatoms. The third-order valence-corrected chi connectivity index (χ3v) is 12.9. The minimum Gasteiger partial charge on any atom is -0.309 e. The first-order chi connectivity index (χ1) is 30.6. The molecule has 2 aliphatic carbocycles. The van der Waals surface area contributed by atoms with Crippen LogP contribution in [0.15, 0.2) is 212 Å². The third kappa shape index (κ3) is 5.72. The van der Waals surface area contributed by atoms with Gasteiger partial charge in [0.25, 0.3) is 0 Å². The highest BCUT2D eigenvalue weighted by molar-refractivity contribution is 6.11. The van der Waals surface area contributed by atoms with Crippen molar-refractivity contribution < 1.29 is 0 Å². The largest absolute Gasteiger partial charge is 0.309 e. The average Bonchev–Trinajstić information content (AvgIpc) is 3.68. The van der Waals surface area contributed by atoms with Crippen LogP contribution >= 0.6 is 0 Å². The van der Waals surface area contributed by atoms with E-state index in [2.05, 4.69) is 187 Å². The number of rotatable bonds is 5. The SMILES string of the molecule is CC12CC=CC=C1c1ccccc1-c1cc(-c3ccc4c(c3)c3ccccc3n4-c3ccccc3)ccc1-c1c(-c3nc(-c4ccccc4)nc(-c4ccccc4)n3)cccc12. The first-order valence-electron chi connectivity index (χ1n) is 21.3. The number of hydrogen-bond acceptors (Lipinski definition) is 3. The van der Waals surface area contributed by atoms with E-state index in [1.165, 1.54) is 55.2 Å². The average molecular weight is 793 g/mol. The zero-order chi connectivity index (χ0) is 41.2. The molecule has 0 saturated heterocycles. The van der Waals surface area contributed by atoms with E-state index < -0.39 is 0 Å². The summed E-state index contributed by atoms with van der Waals surface area (Å²) < 4.78 is 2.38. The molecule has 2 aliphatic rings. The Bertz CT molecular complexity index is 3380. The molecule has 2 aromatic heterocycles. The van der Waals surface area contributed by atoms with E-state index in [0.29, 0.717) is 17.5 Å². The van der Waals surface area contributed by atoms with Crippen LogP contribution in [0.2, 0.25) is 0 Å². The quantitative estimate of drug-likeness (QED) is 0.174. The summed E-state index contributed by atoms with van der Waals surface area (Å²) in [5, 5.41) is 2.47. The summed E-state index contributed by atoms with van der Waals surface area (Å²) in [5.41, 5.74) is 17.0. The molecule has 4 nitrogen and oxygen atoms in total. The van der Waals surface area contributed by atoms with Gasteiger partial charge in [0.15, 0.2) is 17.5 Å². The Morgan fingerprint density at radius 2 is 1.03 bits per heavy atom. The standard InChI is InChI=1S/C58H40N4/c1-58-35-16-15-28-50(58)44-25-12-11-24-43(44)48-36-40(41-32-34-53-49(37-41)45-26-13-14-30-52(45)62(53)42-22-9-4-10-23-42)31-33-46(48)54-47(27-17-29-51(54)58)57-60-55(38-18-5-2-6-19-38)59-56(61-57)39-20-7-3-8-21-39/h2-34,36-37H,35H2,1H3. The maximum absolute atomic E-state index is 5.30. The second-order valence-corrected chi connectivity index (χ2v) is 16.5. The predicted molar refractivity (Wildman–Crippen MR) is 256 cm³/mol. The molecular formula is C58H40N4. The van der Waals surface area contributed by atoms with Crippen LogP contribution in [-0.2, 0) is 5.41 Å². The van der Waals surface area contributed by atoms with E-state index in [1.807, 2.05) is 36.4 Å². The summed E-state index contributed by atoms with van der Waals surface area (Å²) in [6.45, 7) is 2.40. The first kappa shape index (κ1) is 35.9. The zero-order valence-electron chi connectivity index (χ0n) is 34.2. The van der Waals surface area contributed by atoms with Crippen LogP contribution in [0.1, 0.15) is 24.5 Å². The predicted octanol–water partition coefficient (Wildman–Crippen LogP) is 14.6. The number of nitrogens with zero attached hydrogens (tertiary/aromatic N) is 4. The van der Waals surface area contributed by atoms with Gasteiger partial charge in [0.2, 0.25) is 0 Å². The number of fused-ring (bicyclic) bond motifs is 11. The minimum absolute atomic E-state index is 0.317. The Morgan fingerprint density at radius 1 is 0.435 bits per heavy atom. The van der Waals surface area contributed by atoms with Crippen LogP contribution in [0.5, 0.6) is 0 Å². The normalized spacial score (nSPS) is 15.2. The van der Waals surface area contributed by atoms with Crippen LogP contribution in [0, 0.1) is 0 Å². The Labute approximate surface area is 360 Å². The molecule has 12 rings (SSSR count). The molecular weight excluding hydrogens is 753 g/mol. The van der Waals surface area contributed by atoms with Gasteiger partial charge < -0.3 is 4.57 Å². The van der Waals surface area contributed by atoms with Gasteiger partial charge in [0, 0.05) is 38.6 Å². The molecule has 0 N–H and O–H groups in total. The highest BCUT2D eigenvalue weighted by Gasteiger charge is 2.39. The van der Waals surface area contributed by atoms with Gasteiger partial charge in [-0.15, -0.1) is 0 Å². The molecule has 0 radical (unpaired) electrons. The van der Waals surface area contributed by atoms with Crippen LogP contribution < -0.4 is 0 Å². The van der Waals surface area contributed by atoms with Gasteiger partial charge >= 0.3 is 0 Å². The molecule has 1 unspecified atom stereocenters. The zero-order valence-corrected chi connectivity index (χ0v) is 34.2. The molecule has 2 heterocycles. The van der Waals surface area contributed by atoms with E-state index in [-0.39, 0.29) is 5.41 Å². The Morgan fingerprint density at radius 3 is 1.79 bits per heavy atom. The van der Waals surface area contributed by atoms with Gasteiger partial charge in [-0.25, -0.2) is 15.0 Å². The highest BCUT2D eigenvalue weighted by Crippen LogP contribution is 2.55. The molecule has 0 amide bonds. The minimum atomic E-state index is -0.317. The molecule has 10 aromatic rings. The Hall–Kier alpha value is -7.95. The molecule has 1 atom stereocenters. The molecule has 62 heavy (non-hydrogen) atoms. The molecule has 0 fully saturated rings. The van der Waals surface area contributed by atoms with Gasteiger partial charge in [0.1, 0.15) is 0 Å². The van der Waals surface area contributed by atoms with Crippen molar-refractivity contribution in [3.8, 4) is 73.2 Å². The van der Waals surface area contributed by atoms with E-state index in [9.17, 15) is 0 Å². The van der Waals surface area contributed by atoms with Crippen molar-refractivity contribution in [2.45, 2.75) is 18.8 Å². The fraction of sp³-hybridized carbons (Fsp3) is 0.0517. The van der Waals surface area contributed by atoms with Crippen LogP contribution in [0.4, 0.5) is 0 Å². The van der Waals surface area contributed by atoms with Crippen LogP contribution in [0.25, 0.3) is 101 Å². The van der Waals surface area contributed by atoms with Crippen molar-refractivity contribution in [3.05, 3.63) is 223 Å². The third-order valence-electron chi connectivity index (χ3n) is 12.9. The second kappa shape index (κ2) is 14.4. The summed E-state index contributed by atoms with van der Waals surface area (Å²) in [6.07, 6.45) is 7.73. The van der Waals surface area contributed by atoms with E-state index >= 15 is 0 Å². The Balaban J connectivity index is 1.12. The van der Waals surface area contributed by atoms with Crippen molar-refractivity contribution >= 4 is 27.4 Å². The number of hydrogen-bond donors (Lipinski definition) is 0. The van der Waals surface area contributed by atoms with E-state index in [1.54, 1.807) is 0 Å². The molecule has 0 bridgehead atoms. The summed E-state index contributed by atoms with van der Waals surface area (Å²) >= 11 is 0. The van der Waals surface area contributed by atoms with Crippen LogP contribution in [0.3, 0.4) is 0 Å². The fourth-order valence-corrected chi connectivity index (χ4v) is 9.95. The van der Waals surface area contributed by atoms with Crippen molar-refractivity contribution in [1.82, 2.24) is 19.5 Å². The number of benzene rings is 8. The van der Waals surface area contributed by atoms with E-state index in [4.69, 9.17) is 15.0 Å². The maximum Gasteiger partial charge on any atom is 0.164 e. The van der Waals surface area contributed by atoms with Crippen molar-refractivity contribution in [3.63, 3.8) is 0 Å². The van der Waals surface area contributed by atoms with Gasteiger partial charge in [-0.05, 0) is 92.9 Å². The fourth-order valence-electron chi connectivity index (χ4n) is 9.95.